The molecular formula is C14H26N2O2. The van der Waals surface area contributed by atoms with Gasteiger partial charge in [-0.1, -0.05) is 0 Å². The Morgan fingerprint density at radius 2 is 2.11 bits per heavy atom. The molecule has 0 unspecified atom stereocenters. The Bertz CT molecular complexity index is 273. The van der Waals surface area contributed by atoms with E-state index in [1.165, 1.54) is 6.42 Å². The van der Waals surface area contributed by atoms with Crippen molar-refractivity contribution in [2.45, 2.75) is 57.6 Å². The van der Waals surface area contributed by atoms with Crippen molar-refractivity contribution in [1.82, 2.24) is 4.90 Å². The average molecular weight is 254 g/mol. The summed E-state index contributed by atoms with van der Waals surface area (Å²) in [6, 6.07) is 0.476. The molecule has 0 atom stereocenters. The second-order valence-corrected chi connectivity index (χ2v) is 5.58. The first-order valence-corrected chi connectivity index (χ1v) is 7.35. The summed E-state index contributed by atoms with van der Waals surface area (Å²) in [5.74, 6) is 0.847. The molecule has 2 saturated carbocycles. The van der Waals surface area contributed by atoms with Crippen LogP contribution in [-0.2, 0) is 9.53 Å². The molecule has 2 fully saturated rings. The van der Waals surface area contributed by atoms with Gasteiger partial charge in [0.25, 0.3) is 0 Å². The van der Waals surface area contributed by atoms with Crippen molar-refractivity contribution in [3.05, 3.63) is 0 Å². The highest BCUT2D eigenvalue weighted by atomic mass is 16.5. The van der Waals surface area contributed by atoms with Crippen LogP contribution in [-0.4, -0.2) is 42.6 Å². The maximum absolute atomic E-state index is 12.3. The highest BCUT2D eigenvalue weighted by Crippen LogP contribution is 2.34. The lowest BCUT2D eigenvalue weighted by molar-refractivity contribution is -0.138. The minimum atomic E-state index is 0.310. The molecule has 0 spiro atoms. The lowest BCUT2D eigenvalue weighted by atomic mass is 9.79. The van der Waals surface area contributed by atoms with Crippen LogP contribution in [0.3, 0.4) is 0 Å². The first kappa shape index (κ1) is 13.8. The summed E-state index contributed by atoms with van der Waals surface area (Å²) in [6.07, 6.45) is 6.80. The van der Waals surface area contributed by atoms with Crippen LogP contribution in [0, 0.1) is 5.92 Å². The predicted octanol–water partition coefficient (Wildman–Crippen LogP) is 1.53. The molecule has 2 rings (SSSR count). The van der Waals surface area contributed by atoms with Crippen LogP contribution in [0.1, 0.15) is 45.4 Å². The van der Waals surface area contributed by atoms with E-state index in [-0.39, 0.29) is 0 Å². The SMILES string of the molecule is CCOC1CC(CC(=O)N(CCN)C2CCC2)C1. The number of ether oxygens (including phenoxy) is 1. The van der Waals surface area contributed by atoms with Crippen LogP contribution in [0.2, 0.25) is 0 Å². The first-order chi connectivity index (χ1) is 8.74. The highest BCUT2D eigenvalue weighted by Gasteiger charge is 2.34. The summed E-state index contributed by atoms with van der Waals surface area (Å²) in [5.41, 5.74) is 5.61. The van der Waals surface area contributed by atoms with Crippen molar-refractivity contribution in [1.29, 1.82) is 0 Å². The smallest absolute Gasteiger partial charge is 0.223 e. The molecule has 0 aromatic heterocycles. The van der Waals surface area contributed by atoms with Gasteiger partial charge in [0.15, 0.2) is 0 Å². The van der Waals surface area contributed by atoms with Gasteiger partial charge in [-0.05, 0) is 44.9 Å². The van der Waals surface area contributed by atoms with Crippen molar-refractivity contribution in [2.75, 3.05) is 19.7 Å². The summed E-state index contributed by atoms with van der Waals surface area (Å²) < 4.78 is 5.53. The van der Waals surface area contributed by atoms with Gasteiger partial charge in [0, 0.05) is 32.2 Å². The Balaban J connectivity index is 1.72. The molecular weight excluding hydrogens is 228 g/mol. The van der Waals surface area contributed by atoms with Gasteiger partial charge < -0.3 is 15.4 Å². The third-order valence-corrected chi connectivity index (χ3v) is 4.26. The molecule has 1 amide bonds. The normalized spacial score (nSPS) is 27.4. The molecule has 0 aliphatic heterocycles. The lowest BCUT2D eigenvalue weighted by Crippen LogP contribution is -2.48. The molecule has 104 valence electrons. The summed E-state index contributed by atoms with van der Waals surface area (Å²) in [4.78, 5) is 14.3. The quantitative estimate of drug-likeness (QED) is 0.749. The van der Waals surface area contributed by atoms with E-state index in [0.29, 0.717) is 36.9 Å². The molecule has 0 aromatic carbocycles. The second kappa shape index (κ2) is 6.53. The minimum absolute atomic E-state index is 0.310. The molecule has 18 heavy (non-hydrogen) atoms. The molecule has 2 aliphatic carbocycles. The van der Waals surface area contributed by atoms with E-state index in [0.717, 1.165) is 38.8 Å². The van der Waals surface area contributed by atoms with Gasteiger partial charge in [-0.25, -0.2) is 0 Å². The van der Waals surface area contributed by atoms with Gasteiger partial charge in [0.05, 0.1) is 6.10 Å². The maximum atomic E-state index is 12.3. The van der Waals surface area contributed by atoms with Gasteiger partial charge >= 0.3 is 0 Å². The number of hydrogen-bond donors (Lipinski definition) is 1. The zero-order valence-electron chi connectivity index (χ0n) is 11.4. The van der Waals surface area contributed by atoms with Gasteiger partial charge in [0.2, 0.25) is 5.91 Å². The third-order valence-electron chi connectivity index (χ3n) is 4.26. The topological polar surface area (TPSA) is 55.6 Å². The van der Waals surface area contributed by atoms with Crippen LogP contribution >= 0.6 is 0 Å². The average Bonchev–Trinajstić information content (AvgIpc) is 2.23. The zero-order chi connectivity index (χ0) is 13.0. The Labute approximate surface area is 110 Å². The number of rotatable bonds is 7. The molecule has 0 saturated heterocycles. The highest BCUT2D eigenvalue weighted by molar-refractivity contribution is 5.77. The van der Waals surface area contributed by atoms with E-state index in [4.69, 9.17) is 10.5 Å². The van der Waals surface area contributed by atoms with E-state index in [1.54, 1.807) is 0 Å². The Kier molecular flexibility index (Phi) is 5.01. The number of amides is 1. The Hall–Kier alpha value is -0.610. The maximum Gasteiger partial charge on any atom is 0.223 e. The fourth-order valence-corrected chi connectivity index (χ4v) is 2.93. The van der Waals surface area contributed by atoms with Crippen LogP contribution < -0.4 is 5.73 Å². The molecule has 4 nitrogen and oxygen atoms in total. The standard InChI is InChI=1S/C14H26N2O2/c1-2-18-13-8-11(9-13)10-14(17)16(7-6-15)12-4-3-5-12/h11-13H,2-10,15H2,1H3. The van der Waals surface area contributed by atoms with Crippen molar-refractivity contribution < 1.29 is 9.53 Å². The van der Waals surface area contributed by atoms with Gasteiger partial charge in [-0.15, -0.1) is 0 Å². The molecule has 2 aliphatic rings. The van der Waals surface area contributed by atoms with Crippen LogP contribution in [0.5, 0.6) is 0 Å². The van der Waals surface area contributed by atoms with E-state index in [1.807, 2.05) is 11.8 Å². The van der Waals surface area contributed by atoms with E-state index >= 15 is 0 Å². The molecule has 0 radical (unpaired) electrons. The summed E-state index contributed by atoms with van der Waals surface area (Å²) in [5, 5.41) is 0. The van der Waals surface area contributed by atoms with Crippen LogP contribution in [0.25, 0.3) is 0 Å². The van der Waals surface area contributed by atoms with Crippen LogP contribution in [0.4, 0.5) is 0 Å². The molecule has 0 heterocycles. The Morgan fingerprint density at radius 3 is 2.61 bits per heavy atom. The van der Waals surface area contributed by atoms with Crippen molar-refractivity contribution in [3.63, 3.8) is 0 Å². The van der Waals surface area contributed by atoms with Gasteiger partial charge in [0.1, 0.15) is 0 Å². The number of hydrogen-bond acceptors (Lipinski definition) is 3. The summed E-state index contributed by atoms with van der Waals surface area (Å²) in [6.45, 7) is 4.12. The van der Waals surface area contributed by atoms with Gasteiger partial charge in [-0.3, -0.25) is 4.79 Å². The monoisotopic (exact) mass is 254 g/mol. The van der Waals surface area contributed by atoms with E-state index in [9.17, 15) is 4.79 Å². The Morgan fingerprint density at radius 1 is 1.39 bits per heavy atom. The third kappa shape index (κ3) is 3.23. The van der Waals surface area contributed by atoms with Gasteiger partial charge in [-0.2, -0.15) is 0 Å². The number of nitrogens with two attached hydrogens (primary N) is 1. The number of carbonyl (C=O) groups excluding carboxylic acids is 1. The zero-order valence-corrected chi connectivity index (χ0v) is 11.4. The van der Waals surface area contributed by atoms with Crippen molar-refractivity contribution >= 4 is 5.91 Å². The fraction of sp³-hybridized carbons (Fsp3) is 0.929. The first-order valence-electron chi connectivity index (χ1n) is 7.35. The van der Waals surface area contributed by atoms with E-state index in [2.05, 4.69) is 0 Å². The summed E-state index contributed by atoms with van der Waals surface area (Å²) >= 11 is 0. The lowest BCUT2D eigenvalue weighted by Gasteiger charge is -2.40. The van der Waals surface area contributed by atoms with Crippen LogP contribution in [0.15, 0.2) is 0 Å². The molecule has 4 heteroatoms. The second-order valence-electron chi connectivity index (χ2n) is 5.58. The summed E-state index contributed by atoms with van der Waals surface area (Å²) in [7, 11) is 0. The minimum Gasteiger partial charge on any atom is -0.378 e. The van der Waals surface area contributed by atoms with E-state index < -0.39 is 0 Å². The molecule has 0 bridgehead atoms. The van der Waals surface area contributed by atoms with Crippen molar-refractivity contribution in [2.24, 2.45) is 11.7 Å². The van der Waals surface area contributed by atoms with Crippen molar-refractivity contribution in [3.8, 4) is 0 Å². The number of nitrogens with zero attached hydrogens (tertiary/aromatic N) is 1. The fourth-order valence-electron chi connectivity index (χ4n) is 2.93. The molecule has 2 N–H and O–H groups in total. The number of carbonyl (C=O) groups is 1. The largest absolute Gasteiger partial charge is 0.378 e. The predicted molar refractivity (Wildman–Crippen MR) is 71.2 cm³/mol. The molecule has 0 aromatic rings.